The van der Waals surface area contributed by atoms with Gasteiger partial charge in [0.15, 0.2) is 0 Å². The lowest BCUT2D eigenvalue weighted by Crippen LogP contribution is -2.47. The molecule has 0 aliphatic rings. The van der Waals surface area contributed by atoms with Crippen LogP contribution in [0.2, 0.25) is 0 Å². The highest BCUT2D eigenvalue weighted by Gasteiger charge is 2.36. The summed E-state index contributed by atoms with van der Waals surface area (Å²) in [5.74, 6) is 0.569. The van der Waals surface area contributed by atoms with Gasteiger partial charge in [0.2, 0.25) is 10.0 Å². The summed E-state index contributed by atoms with van der Waals surface area (Å²) in [5, 5.41) is 9.77. The largest absolute Gasteiger partial charge is 0.497 e. The van der Waals surface area contributed by atoms with E-state index in [1.54, 1.807) is 31.4 Å². The van der Waals surface area contributed by atoms with Gasteiger partial charge >= 0.3 is 0 Å². The second-order valence-corrected chi connectivity index (χ2v) is 9.50. The molecule has 0 heterocycles. The van der Waals surface area contributed by atoms with Crippen LogP contribution in [0.15, 0.2) is 53.4 Å². The molecule has 0 fully saturated rings. The lowest BCUT2D eigenvalue weighted by molar-refractivity contribution is 0.126. The number of ether oxygens (including phenoxy) is 1. The quantitative estimate of drug-likeness (QED) is 0.688. The van der Waals surface area contributed by atoms with Gasteiger partial charge in [0.05, 0.1) is 12.0 Å². The number of benzene rings is 2. The van der Waals surface area contributed by atoms with E-state index in [1.807, 2.05) is 52.0 Å². The van der Waals surface area contributed by atoms with E-state index in [4.69, 9.17) is 4.74 Å². The Labute approximate surface area is 169 Å². The van der Waals surface area contributed by atoms with Gasteiger partial charge in [-0.05, 0) is 48.6 Å². The molecule has 2 aromatic carbocycles. The van der Waals surface area contributed by atoms with Crippen molar-refractivity contribution in [2.75, 3.05) is 13.7 Å². The van der Waals surface area contributed by atoms with Gasteiger partial charge in [-0.25, -0.2) is 8.42 Å². The smallest absolute Gasteiger partial charge is 0.243 e. The third kappa shape index (κ3) is 5.13. The lowest BCUT2D eigenvalue weighted by Gasteiger charge is -2.37. The Morgan fingerprint density at radius 1 is 1.00 bits per heavy atom. The maximum atomic E-state index is 13.6. The molecule has 0 bridgehead atoms. The molecule has 0 aliphatic heterocycles. The van der Waals surface area contributed by atoms with Crippen LogP contribution in [0.3, 0.4) is 0 Å². The third-order valence-corrected chi connectivity index (χ3v) is 6.87. The minimum atomic E-state index is -3.74. The molecule has 0 saturated carbocycles. The Morgan fingerprint density at radius 2 is 1.57 bits per heavy atom. The van der Waals surface area contributed by atoms with Crippen molar-refractivity contribution in [3.63, 3.8) is 0 Å². The number of hydrogen-bond donors (Lipinski definition) is 1. The molecule has 0 aliphatic carbocycles. The highest BCUT2D eigenvalue weighted by molar-refractivity contribution is 7.89. The maximum absolute atomic E-state index is 13.6. The van der Waals surface area contributed by atoms with E-state index in [0.29, 0.717) is 0 Å². The van der Waals surface area contributed by atoms with Crippen LogP contribution in [0.5, 0.6) is 5.75 Å². The molecule has 28 heavy (non-hydrogen) atoms. The van der Waals surface area contributed by atoms with E-state index >= 15 is 0 Å². The van der Waals surface area contributed by atoms with Crippen LogP contribution in [0.4, 0.5) is 0 Å². The topological polar surface area (TPSA) is 66.8 Å². The normalized spacial score (nSPS) is 14.3. The summed E-state index contributed by atoms with van der Waals surface area (Å²) >= 11 is 0. The standard InChI is InChI=1S/C22H31NO4S/c1-16(2)22(18(4)15-24)23(14-19-8-10-20(27-5)11-9-19)28(25,26)21-12-6-17(3)7-13-21/h6-13,16,18,22,24H,14-15H2,1-5H3/t18-,22-/m0/s1. The molecule has 0 saturated heterocycles. The highest BCUT2D eigenvalue weighted by atomic mass is 32.2. The Morgan fingerprint density at radius 3 is 2.04 bits per heavy atom. The molecule has 2 atom stereocenters. The average Bonchev–Trinajstić information content (AvgIpc) is 2.67. The number of aliphatic hydroxyl groups is 1. The predicted octanol–water partition coefficient (Wildman–Crippen LogP) is 3.85. The van der Waals surface area contributed by atoms with Gasteiger partial charge in [-0.2, -0.15) is 4.31 Å². The van der Waals surface area contributed by atoms with Crippen molar-refractivity contribution in [1.29, 1.82) is 0 Å². The Hall–Kier alpha value is -1.89. The molecule has 5 nitrogen and oxygen atoms in total. The first-order valence-electron chi connectivity index (χ1n) is 9.53. The van der Waals surface area contributed by atoms with E-state index in [-0.39, 0.29) is 35.9 Å². The van der Waals surface area contributed by atoms with Gasteiger partial charge in [-0.1, -0.05) is 50.6 Å². The van der Waals surface area contributed by atoms with Crippen molar-refractivity contribution in [1.82, 2.24) is 4.31 Å². The monoisotopic (exact) mass is 405 g/mol. The summed E-state index contributed by atoms with van der Waals surface area (Å²) in [5.41, 5.74) is 1.87. The van der Waals surface area contributed by atoms with Gasteiger partial charge in [0.25, 0.3) is 0 Å². The van der Waals surface area contributed by atoms with E-state index in [9.17, 15) is 13.5 Å². The first kappa shape index (κ1) is 22.4. The first-order valence-corrected chi connectivity index (χ1v) is 11.0. The van der Waals surface area contributed by atoms with Crippen LogP contribution in [-0.2, 0) is 16.6 Å². The van der Waals surface area contributed by atoms with Crippen molar-refractivity contribution >= 4 is 10.0 Å². The van der Waals surface area contributed by atoms with Gasteiger partial charge < -0.3 is 9.84 Å². The van der Waals surface area contributed by atoms with Crippen LogP contribution in [0, 0.1) is 18.8 Å². The van der Waals surface area contributed by atoms with E-state index in [1.165, 1.54) is 4.31 Å². The van der Waals surface area contributed by atoms with Gasteiger partial charge in [0.1, 0.15) is 5.75 Å². The molecule has 2 aromatic rings. The number of aryl methyl sites for hydroxylation is 1. The molecule has 0 radical (unpaired) electrons. The summed E-state index contributed by atoms with van der Waals surface area (Å²) in [6, 6.07) is 14.0. The second kappa shape index (κ2) is 9.54. The number of rotatable bonds is 9. The zero-order chi connectivity index (χ0) is 20.9. The number of hydrogen-bond acceptors (Lipinski definition) is 4. The van der Waals surface area contributed by atoms with Crippen LogP contribution < -0.4 is 4.74 Å². The van der Waals surface area contributed by atoms with Crippen molar-refractivity contribution < 1.29 is 18.3 Å². The zero-order valence-electron chi connectivity index (χ0n) is 17.3. The molecule has 0 unspecified atom stereocenters. The Balaban J connectivity index is 2.51. The number of aliphatic hydroxyl groups excluding tert-OH is 1. The summed E-state index contributed by atoms with van der Waals surface area (Å²) in [6.45, 7) is 7.94. The maximum Gasteiger partial charge on any atom is 0.243 e. The third-order valence-electron chi connectivity index (χ3n) is 5.01. The van der Waals surface area contributed by atoms with E-state index in [2.05, 4.69) is 0 Å². The highest BCUT2D eigenvalue weighted by Crippen LogP contribution is 2.29. The number of sulfonamides is 1. The summed E-state index contributed by atoms with van der Waals surface area (Å²) in [4.78, 5) is 0.266. The SMILES string of the molecule is COc1ccc(CN([C@@H](C(C)C)[C@@H](C)CO)S(=O)(=O)c2ccc(C)cc2)cc1. The summed E-state index contributed by atoms with van der Waals surface area (Å²) < 4.78 is 33.8. The van der Waals surface area contributed by atoms with Crippen molar-refractivity contribution in [2.45, 2.75) is 45.2 Å². The Kier molecular flexibility index (Phi) is 7.63. The molecule has 154 valence electrons. The summed E-state index contributed by atoms with van der Waals surface area (Å²) in [6.07, 6.45) is 0. The molecular weight excluding hydrogens is 374 g/mol. The van der Waals surface area contributed by atoms with Gasteiger partial charge in [-0.3, -0.25) is 0 Å². The molecule has 2 rings (SSSR count). The molecule has 1 N–H and O–H groups in total. The molecule has 6 heteroatoms. The van der Waals surface area contributed by atoms with Crippen LogP contribution in [0.25, 0.3) is 0 Å². The predicted molar refractivity (Wildman–Crippen MR) is 112 cm³/mol. The molecular formula is C22H31NO4S. The van der Waals surface area contributed by atoms with Gasteiger partial charge in [-0.15, -0.1) is 0 Å². The van der Waals surface area contributed by atoms with E-state index in [0.717, 1.165) is 16.9 Å². The minimum Gasteiger partial charge on any atom is -0.497 e. The second-order valence-electron chi connectivity index (χ2n) is 7.61. The first-order chi connectivity index (χ1) is 13.2. The van der Waals surface area contributed by atoms with Crippen LogP contribution >= 0.6 is 0 Å². The molecule has 0 aromatic heterocycles. The fourth-order valence-electron chi connectivity index (χ4n) is 3.49. The Bertz CT molecular complexity index is 845. The number of methoxy groups -OCH3 is 1. The molecule has 0 amide bonds. The van der Waals surface area contributed by atoms with Crippen molar-refractivity contribution in [3.8, 4) is 5.75 Å². The molecule has 0 spiro atoms. The fraction of sp³-hybridized carbons (Fsp3) is 0.455. The fourth-order valence-corrected chi connectivity index (χ4v) is 5.33. The summed E-state index contributed by atoms with van der Waals surface area (Å²) in [7, 11) is -2.14. The van der Waals surface area contributed by atoms with Crippen LogP contribution in [0.1, 0.15) is 31.9 Å². The van der Waals surface area contributed by atoms with E-state index < -0.39 is 10.0 Å². The van der Waals surface area contributed by atoms with Crippen LogP contribution in [-0.4, -0.2) is 37.6 Å². The van der Waals surface area contributed by atoms with Crippen molar-refractivity contribution in [2.24, 2.45) is 11.8 Å². The number of nitrogens with zero attached hydrogens (tertiary/aromatic N) is 1. The van der Waals surface area contributed by atoms with Gasteiger partial charge in [0, 0.05) is 19.2 Å². The zero-order valence-corrected chi connectivity index (χ0v) is 18.1. The minimum absolute atomic E-state index is 0.0422. The van der Waals surface area contributed by atoms with Crippen molar-refractivity contribution in [3.05, 3.63) is 59.7 Å². The average molecular weight is 406 g/mol. The lowest BCUT2D eigenvalue weighted by atomic mass is 9.92.